The SMILES string of the molecule is COc1ccc([C@H](C)NC(=S)NCc2ccccc2)cc1Br. The number of thiocarbonyl (C=S) groups is 1. The van der Waals surface area contributed by atoms with Gasteiger partial charge in [-0.15, -0.1) is 0 Å². The second kappa shape index (κ2) is 8.15. The molecule has 0 aliphatic heterocycles. The fourth-order valence-electron chi connectivity index (χ4n) is 2.06. The molecule has 1 atom stereocenters. The van der Waals surface area contributed by atoms with E-state index in [9.17, 15) is 0 Å². The number of ether oxygens (including phenoxy) is 1. The van der Waals surface area contributed by atoms with Crippen molar-refractivity contribution in [1.82, 2.24) is 10.6 Å². The van der Waals surface area contributed by atoms with Gasteiger partial charge in [0.1, 0.15) is 5.75 Å². The Hall–Kier alpha value is -1.59. The van der Waals surface area contributed by atoms with Crippen LogP contribution in [0.15, 0.2) is 53.0 Å². The van der Waals surface area contributed by atoms with Crippen LogP contribution in [0, 0.1) is 0 Å². The average molecular weight is 379 g/mol. The van der Waals surface area contributed by atoms with Gasteiger partial charge in [-0.3, -0.25) is 0 Å². The zero-order valence-corrected chi connectivity index (χ0v) is 15.0. The molecule has 0 saturated heterocycles. The first-order valence-electron chi connectivity index (χ1n) is 7.02. The predicted molar refractivity (Wildman–Crippen MR) is 98.1 cm³/mol. The Morgan fingerprint density at radius 1 is 1.23 bits per heavy atom. The number of benzene rings is 2. The van der Waals surface area contributed by atoms with Crippen molar-refractivity contribution in [2.45, 2.75) is 19.5 Å². The lowest BCUT2D eigenvalue weighted by Crippen LogP contribution is -2.36. The van der Waals surface area contributed by atoms with E-state index in [0.717, 1.165) is 15.8 Å². The predicted octanol–water partition coefficient (Wildman–Crippen LogP) is 4.18. The highest BCUT2D eigenvalue weighted by atomic mass is 79.9. The second-order valence-electron chi connectivity index (χ2n) is 4.93. The summed E-state index contributed by atoms with van der Waals surface area (Å²) in [4.78, 5) is 0. The highest BCUT2D eigenvalue weighted by molar-refractivity contribution is 9.10. The Morgan fingerprint density at radius 2 is 1.95 bits per heavy atom. The normalized spacial score (nSPS) is 11.6. The summed E-state index contributed by atoms with van der Waals surface area (Å²) < 4.78 is 6.18. The molecule has 5 heteroatoms. The third-order valence-corrected chi connectivity index (χ3v) is 4.20. The van der Waals surface area contributed by atoms with Gasteiger partial charge in [0, 0.05) is 6.54 Å². The van der Waals surface area contributed by atoms with E-state index in [4.69, 9.17) is 17.0 Å². The zero-order valence-electron chi connectivity index (χ0n) is 12.6. The Morgan fingerprint density at radius 3 is 2.59 bits per heavy atom. The largest absolute Gasteiger partial charge is 0.496 e. The van der Waals surface area contributed by atoms with Crippen molar-refractivity contribution < 1.29 is 4.74 Å². The van der Waals surface area contributed by atoms with Gasteiger partial charge in [0.05, 0.1) is 17.6 Å². The minimum Gasteiger partial charge on any atom is -0.496 e. The van der Waals surface area contributed by atoms with Gasteiger partial charge in [-0.1, -0.05) is 36.4 Å². The van der Waals surface area contributed by atoms with Crippen LogP contribution >= 0.6 is 28.1 Å². The topological polar surface area (TPSA) is 33.3 Å². The zero-order chi connectivity index (χ0) is 15.9. The van der Waals surface area contributed by atoms with Gasteiger partial charge in [0.25, 0.3) is 0 Å². The van der Waals surface area contributed by atoms with Gasteiger partial charge in [-0.2, -0.15) is 0 Å². The summed E-state index contributed by atoms with van der Waals surface area (Å²) in [7, 11) is 1.66. The lowest BCUT2D eigenvalue weighted by Gasteiger charge is -2.18. The Kier molecular flexibility index (Phi) is 6.21. The lowest BCUT2D eigenvalue weighted by atomic mass is 10.1. The quantitative estimate of drug-likeness (QED) is 0.764. The fraction of sp³-hybridized carbons (Fsp3) is 0.235. The maximum atomic E-state index is 5.35. The van der Waals surface area contributed by atoms with E-state index >= 15 is 0 Å². The summed E-state index contributed by atoms with van der Waals surface area (Å²) in [5.41, 5.74) is 2.34. The first-order valence-corrected chi connectivity index (χ1v) is 8.22. The second-order valence-corrected chi connectivity index (χ2v) is 6.19. The van der Waals surface area contributed by atoms with Crippen LogP contribution in [0.1, 0.15) is 24.1 Å². The summed E-state index contributed by atoms with van der Waals surface area (Å²) in [5, 5.41) is 7.15. The summed E-state index contributed by atoms with van der Waals surface area (Å²) in [6.07, 6.45) is 0. The van der Waals surface area contributed by atoms with E-state index in [1.807, 2.05) is 36.4 Å². The van der Waals surface area contributed by atoms with E-state index < -0.39 is 0 Å². The van der Waals surface area contributed by atoms with E-state index in [1.54, 1.807) is 7.11 Å². The molecule has 3 nitrogen and oxygen atoms in total. The first kappa shape index (κ1) is 16.8. The molecule has 0 radical (unpaired) electrons. The van der Waals surface area contributed by atoms with Gasteiger partial charge in [-0.05, 0) is 58.3 Å². The maximum Gasteiger partial charge on any atom is 0.167 e. The Bertz CT molecular complexity index is 634. The molecule has 2 N–H and O–H groups in total. The Labute approximate surface area is 145 Å². The van der Waals surface area contributed by atoms with Crippen LogP contribution in [0.5, 0.6) is 5.75 Å². The van der Waals surface area contributed by atoms with Crippen LogP contribution in [-0.4, -0.2) is 12.2 Å². The van der Waals surface area contributed by atoms with Crippen LogP contribution in [0.3, 0.4) is 0 Å². The first-order chi connectivity index (χ1) is 10.6. The molecule has 0 aromatic heterocycles. The molecular weight excluding hydrogens is 360 g/mol. The molecule has 0 amide bonds. The van der Waals surface area contributed by atoms with E-state index in [-0.39, 0.29) is 6.04 Å². The van der Waals surface area contributed by atoms with Crippen molar-refractivity contribution in [1.29, 1.82) is 0 Å². The molecule has 0 unspecified atom stereocenters. The van der Waals surface area contributed by atoms with Gasteiger partial charge in [0.15, 0.2) is 5.11 Å². The Balaban J connectivity index is 1.89. The molecule has 0 saturated carbocycles. The van der Waals surface area contributed by atoms with Crippen molar-refractivity contribution >= 4 is 33.3 Å². The van der Waals surface area contributed by atoms with Crippen molar-refractivity contribution in [2.24, 2.45) is 0 Å². The number of hydrogen-bond acceptors (Lipinski definition) is 2. The molecule has 0 spiro atoms. The average Bonchev–Trinajstić information content (AvgIpc) is 2.53. The fourth-order valence-corrected chi connectivity index (χ4v) is 2.87. The lowest BCUT2D eigenvalue weighted by molar-refractivity contribution is 0.412. The molecule has 0 heterocycles. The number of nitrogens with one attached hydrogen (secondary N) is 2. The molecule has 2 aromatic carbocycles. The van der Waals surface area contributed by atoms with Crippen LogP contribution in [0.25, 0.3) is 0 Å². The number of rotatable bonds is 5. The molecule has 0 fully saturated rings. The number of methoxy groups -OCH3 is 1. The van der Waals surface area contributed by atoms with E-state index in [0.29, 0.717) is 11.7 Å². The van der Waals surface area contributed by atoms with E-state index in [1.165, 1.54) is 5.56 Å². The van der Waals surface area contributed by atoms with Crippen LogP contribution in [-0.2, 0) is 6.54 Å². The van der Waals surface area contributed by atoms with Crippen molar-refractivity contribution in [2.75, 3.05) is 7.11 Å². The highest BCUT2D eigenvalue weighted by Gasteiger charge is 2.09. The van der Waals surface area contributed by atoms with Crippen molar-refractivity contribution in [3.05, 3.63) is 64.1 Å². The van der Waals surface area contributed by atoms with Gasteiger partial charge in [-0.25, -0.2) is 0 Å². The summed E-state index contributed by atoms with van der Waals surface area (Å²) >= 11 is 8.85. The number of halogens is 1. The van der Waals surface area contributed by atoms with Gasteiger partial charge >= 0.3 is 0 Å². The highest BCUT2D eigenvalue weighted by Crippen LogP contribution is 2.27. The summed E-state index contributed by atoms with van der Waals surface area (Å²) in [5.74, 6) is 0.820. The standard InChI is InChI=1S/C17H19BrN2OS/c1-12(14-8-9-16(21-2)15(18)10-14)20-17(22)19-11-13-6-4-3-5-7-13/h3-10,12H,11H2,1-2H3,(H2,19,20,22)/t12-/m0/s1. The third kappa shape index (κ3) is 4.71. The molecular formula is C17H19BrN2OS. The van der Waals surface area contributed by atoms with Crippen LogP contribution < -0.4 is 15.4 Å². The minimum atomic E-state index is 0.109. The molecule has 22 heavy (non-hydrogen) atoms. The van der Waals surface area contributed by atoms with Gasteiger partial charge < -0.3 is 15.4 Å². The van der Waals surface area contributed by atoms with Crippen LogP contribution in [0.2, 0.25) is 0 Å². The molecule has 2 aromatic rings. The summed E-state index contributed by atoms with van der Waals surface area (Å²) in [6.45, 7) is 2.79. The number of hydrogen-bond donors (Lipinski definition) is 2. The molecule has 0 aliphatic carbocycles. The molecule has 116 valence electrons. The minimum absolute atomic E-state index is 0.109. The molecule has 0 bridgehead atoms. The smallest absolute Gasteiger partial charge is 0.167 e. The maximum absolute atomic E-state index is 5.35. The molecule has 2 rings (SSSR count). The van der Waals surface area contributed by atoms with Gasteiger partial charge in [0.2, 0.25) is 0 Å². The third-order valence-electron chi connectivity index (χ3n) is 3.32. The molecule has 0 aliphatic rings. The van der Waals surface area contributed by atoms with Crippen LogP contribution in [0.4, 0.5) is 0 Å². The summed E-state index contributed by atoms with van der Waals surface area (Å²) in [6, 6.07) is 16.3. The monoisotopic (exact) mass is 378 g/mol. The van der Waals surface area contributed by atoms with Crippen molar-refractivity contribution in [3.63, 3.8) is 0 Å². The van der Waals surface area contributed by atoms with Crippen molar-refractivity contribution in [3.8, 4) is 5.75 Å². The van der Waals surface area contributed by atoms with E-state index in [2.05, 4.69) is 45.6 Å².